The minimum atomic E-state index is -1.12. The fourth-order valence-corrected chi connectivity index (χ4v) is 1.87. The van der Waals surface area contributed by atoms with Gasteiger partial charge in [-0.05, 0) is 35.4 Å². The standard InChI is InChI=1S/C14H13N3O3/c15-11-3-1-7(5-9(11)13(17)18)8-2-4-12(16)10(6-8)14(19)20/h1-6H,15-16H2,(H2,17,18)(H,19,20). The molecule has 2 aromatic rings. The summed E-state index contributed by atoms with van der Waals surface area (Å²) >= 11 is 0. The molecule has 0 saturated heterocycles. The molecule has 0 atom stereocenters. The van der Waals surface area contributed by atoms with Gasteiger partial charge in [-0.15, -0.1) is 0 Å². The Labute approximate surface area is 114 Å². The highest BCUT2D eigenvalue weighted by molar-refractivity contribution is 6.00. The molecule has 0 heterocycles. The molecule has 102 valence electrons. The second-order valence-electron chi connectivity index (χ2n) is 4.27. The van der Waals surface area contributed by atoms with Gasteiger partial charge in [0.2, 0.25) is 0 Å². The third-order valence-corrected chi connectivity index (χ3v) is 2.94. The average Bonchev–Trinajstić information content (AvgIpc) is 2.39. The lowest BCUT2D eigenvalue weighted by atomic mass is 9.99. The van der Waals surface area contributed by atoms with Crippen molar-refractivity contribution < 1.29 is 14.7 Å². The Balaban J connectivity index is 2.57. The zero-order valence-corrected chi connectivity index (χ0v) is 10.5. The molecule has 6 nitrogen and oxygen atoms in total. The van der Waals surface area contributed by atoms with Crippen molar-refractivity contribution in [3.63, 3.8) is 0 Å². The molecule has 2 rings (SSSR count). The van der Waals surface area contributed by atoms with Crippen LogP contribution in [-0.4, -0.2) is 17.0 Å². The first-order valence-electron chi connectivity index (χ1n) is 5.72. The van der Waals surface area contributed by atoms with Gasteiger partial charge in [-0.3, -0.25) is 4.79 Å². The number of carbonyl (C=O) groups excluding carboxylic acids is 1. The maximum Gasteiger partial charge on any atom is 0.337 e. The van der Waals surface area contributed by atoms with E-state index in [-0.39, 0.29) is 22.5 Å². The summed E-state index contributed by atoms with van der Waals surface area (Å²) in [6.45, 7) is 0. The van der Waals surface area contributed by atoms with Gasteiger partial charge in [0.1, 0.15) is 0 Å². The van der Waals surface area contributed by atoms with Crippen molar-refractivity contribution in [2.75, 3.05) is 11.5 Å². The number of carboxylic acid groups (broad SMARTS) is 1. The predicted octanol–water partition coefficient (Wildman–Crippen LogP) is 1.32. The van der Waals surface area contributed by atoms with Gasteiger partial charge in [0.05, 0.1) is 11.1 Å². The lowest BCUT2D eigenvalue weighted by Gasteiger charge is -2.08. The third-order valence-electron chi connectivity index (χ3n) is 2.94. The molecule has 0 saturated carbocycles. The van der Waals surface area contributed by atoms with Crippen LogP contribution < -0.4 is 17.2 Å². The molecule has 0 unspecified atom stereocenters. The monoisotopic (exact) mass is 271 g/mol. The molecule has 0 fully saturated rings. The van der Waals surface area contributed by atoms with E-state index in [0.717, 1.165) is 0 Å². The molecule has 0 aromatic heterocycles. The highest BCUT2D eigenvalue weighted by Crippen LogP contribution is 2.26. The first-order valence-corrected chi connectivity index (χ1v) is 5.72. The minimum Gasteiger partial charge on any atom is -0.478 e. The number of nitrogens with two attached hydrogens (primary N) is 3. The smallest absolute Gasteiger partial charge is 0.337 e. The maximum absolute atomic E-state index is 11.3. The summed E-state index contributed by atoms with van der Waals surface area (Å²) in [4.78, 5) is 22.3. The zero-order chi connectivity index (χ0) is 14.9. The summed E-state index contributed by atoms with van der Waals surface area (Å²) in [7, 11) is 0. The van der Waals surface area contributed by atoms with Crippen LogP contribution in [0, 0.1) is 0 Å². The molecule has 0 radical (unpaired) electrons. The zero-order valence-electron chi connectivity index (χ0n) is 10.5. The van der Waals surface area contributed by atoms with Crippen LogP contribution in [-0.2, 0) is 0 Å². The van der Waals surface area contributed by atoms with E-state index in [2.05, 4.69) is 0 Å². The van der Waals surface area contributed by atoms with Crippen molar-refractivity contribution in [2.24, 2.45) is 5.73 Å². The SMILES string of the molecule is NC(=O)c1cc(-c2ccc(N)c(C(=O)O)c2)ccc1N. The predicted molar refractivity (Wildman–Crippen MR) is 76.2 cm³/mol. The highest BCUT2D eigenvalue weighted by atomic mass is 16.4. The third kappa shape index (κ3) is 2.39. The molecule has 0 aliphatic heterocycles. The number of rotatable bonds is 3. The number of aromatic carboxylic acids is 1. The molecule has 6 heteroatoms. The van der Waals surface area contributed by atoms with Crippen LogP contribution in [0.2, 0.25) is 0 Å². The minimum absolute atomic E-state index is 0.0000463. The molecule has 0 aliphatic carbocycles. The first-order chi connectivity index (χ1) is 9.40. The van der Waals surface area contributed by atoms with Crippen LogP contribution in [0.25, 0.3) is 11.1 Å². The normalized spacial score (nSPS) is 10.2. The molecule has 0 spiro atoms. The Hall–Kier alpha value is -3.02. The van der Waals surface area contributed by atoms with Crippen LogP contribution in [0.4, 0.5) is 11.4 Å². The van der Waals surface area contributed by atoms with Crippen molar-refractivity contribution in [1.82, 2.24) is 0 Å². The second-order valence-corrected chi connectivity index (χ2v) is 4.27. The van der Waals surface area contributed by atoms with E-state index in [0.29, 0.717) is 11.1 Å². The Kier molecular flexibility index (Phi) is 3.30. The summed E-state index contributed by atoms with van der Waals surface area (Å²) in [5, 5.41) is 9.05. The van der Waals surface area contributed by atoms with Gasteiger partial charge in [-0.25, -0.2) is 4.79 Å². The second kappa shape index (κ2) is 4.93. The van der Waals surface area contributed by atoms with E-state index in [9.17, 15) is 9.59 Å². The molecule has 2 aromatic carbocycles. The van der Waals surface area contributed by atoms with E-state index >= 15 is 0 Å². The van der Waals surface area contributed by atoms with Gasteiger partial charge in [0.25, 0.3) is 5.91 Å². The fraction of sp³-hybridized carbons (Fsp3) is 0. The summed E-state index contributed by atoms with van der Waals surface area (Å²) in [6, 6.07) is 9.35. The number of carboxylic acids is 1. The van der Waals surface area contributed by atoms with E-state index in [1.165, 1.54) is 18.2 Å². The van der Waals surface area contributed by atoms with Crippen molar-refractivity contribution in [2.45, 2.75) is 0 Å². The number of anilines is 2. The molecule has 0 bridgehead atoms. The van der Waals surface area contributed by atoms with Crippen LogP contribution >= 0.6 is 0 Å². The van der Waals surface area contributed by atoms with Crippen molar-refractivity contribution in [3.8, 4) is 11.1 Å². The number of hydrogen-bond donors (Lipinski definition) is 4. The number of benzene rings is 2. The topological polar surface area (TPSA) is 132 Å². The quantitative estimate of drug-likeness (QED) is 0.625. The van der Waals surface area contributed by atoms with Gasteiger partial charge in [0.15, 0.2) is 0 Å². The van der Waals surface area contributed by atoms with Gasteiger partial charge in [-0.2, -0.15) is 0 Å². The number of amides is 1. The summed E-state index contributed by atoms with van der Waals surface area (Å²) in [5.74, 6) is -1.76. The van der Waals surface area contributed by atoms with E-state index < -0.39 is 11.9 Å². The van der Waals surface area contributed by atoms with Crippen LogP contribution in [0.3, 0.4) is 0 Å². The van der Waals surface area contributed by atoms with Crippen LogP contribution in [0.15, 0.2) is 36.4 Å². The number of primary amides is 1. The van der Waals surface area contributed by atoms with Gasteiger partial charge >= 0.3 is 5.97 Å². The lowest BCUT2D eigenvalue weighted by molar-refractivity contribution is 0.0698. The van der Waals surface area contributed by atoms with E-state index in [1.807, 2.05) is 0 Å². The van der Waals surface area contributed by atoms with Crippen LogP contribution in [0.5, 0.6) is 0 Å². The summed E-state index contributed by atoms with van der Waals surface area (Å²) in [5.41, 5.74) is 18.4. The Morgan fingerprint density at radius 1 is 0.850 bits per heavy atom. The molecular formula is C14H13N3O3. The maximum atomic E-state index is 11.3. The van der Waals surface area contributed by atoms with Gasteiger partial charge in [-0.1, -0.05) is 12.1 Å². The first kappa shape index (κ1) is 13.4. The van der Waals surface area contributed by atoms with E-state index in [4.69, 9.17) is 22.3 Å². The Morgan fingerprint density at radius 3 is 1.75 bits per heavy atom. The Bertz CT molecular complexity index is 649. The summed E-state index contributed by atoms with van der Waals surface area (Å²) < 4.78 is 0. The molecule has 0 aliphatic rings. The number of carbonyl (C=O) groups is 2. The lowest BCUT2D eigenvalue weighted by Crippen LogP contribution is -2.13. The van der Waals surface area contributed by atoms with Crippen molar-refractivity contribution in [1.29, 1.82) is 0 Å². The average molecular weight is 271 g/mol. The molecular weight excluding hydrogens is 258 g/mol. The van der Waals surface area contributed by atoms with Crippen molar-refractivity contribution in [3.05, 3.63) is 47.5 Å². The largest absolute Gasteiger partial charge is 0.478 e. The fourth-order valence-electron chi connectivity index (χ4n) is 1.87. The molecule has 1 amide bonds. The molecule has 20 heavy (non-hydrogen) atoms. The summed E-state index contributed by atoms with van der Waals surface area (Å²) in [6.07, 6.45) is 0. The van der Waals surface area contributed by atoms with Crippen LogP contribution in [0.1, 0.15) is 20.7 Å². The Morgan fingerprint density at radius 2 is 1.30 bits per heavy atom. The van der Waals surface area contributed by atoms with Gasteiger partial charge in [0, 0.05) is 11.4 Å². The number of nitrogen functional groups attached to an aromatic ring is 2. The molecule has 7 N–H and O–H groups in total. The van der Waals surface area contributed by atoms with Crippen molar-refractivity contribution >= 4 is 23.3 Å². The number of hydrogen-bond acceptors (Lipinski definition) is 4. The highest BCUT2D eigenvalue weighted by Gasteiger charge is 2.12. The van der Waals surface area contributed by atoms with E-state index in [1.54, 1.807) is 18.2 Å². The van der Waals surface area contributed by atoms with Gasteiger partial charge < -0.3 is 22.3 Å².